The lowest BCUT2D eigenvalue weighted by molar-refractivity contribution is -0.157. The van der Waals surface area contributed by atoms with Crippen molar-refractivity contribution < 1.29 is 27.5 Å². The molecule has 2 saturated carbocycles. The van der Waals surface area contributed by atoms with Crippen molar-refractivity contribution in [2.75, 3.05) is 5.32 Å². The Hall–Kier alpha value is -3.55. The minimum atomic E-state index is -4.66. The van der Waals surface area contributed by atoms with E-state index in [2.05, 4.69) is 38.2 Å². The zero-order valence-corrected chi connectivity index (χ0v) is 28.3. The third kappa shape index (κ3) is 8.31. The molecule has 1 aromatic heterocycles. The highest BCUT2D eigenvalue weighted by Gasteiger charge is 2.47. The van der Waals surface area contributed by atoms with Crippen LogP contribution < -0.4 is 5.32 Å². The molecule has 1 amide bonds. The SMILES string of the molecule is CC[C@H](C)n1c(CCCc2ccccc2)ccc1C(=O)Nc1cc([C@H]2C[C@H]2C(=O)O[C@@H]2C[C@H](C)CC[C@H]2C(C)C)ccc1C(F)(F)F. The average molecular weight is 651 g/mol. The highest BCUT2D eigenvalue weighted by atomic mass is 19.4. The number of halogens is 3. The molecule has 0 spiro atoms. The number of anilines is 1. The van der Waals surface area contributed by atoms with E-state index >= 15 is 0 Å². The van der Waals surface area contributed by atoms with Crippen LogP contribution in [0.25, 0.3) is 0 Å². The Labute approximate surface area is 277 Å². The summed E-state index contributed by atoms with van der Waals surface area (Å²) in [5.41, 5.74) is 1.96. The molecular weight excluding hydrogens is 601 g/mol. The second kappa shape index (κ2) is 14.7. The molecule has 0 aliphatic heterocycles. The van der Waals surface area contributed by atoms with Gasteiger partial charge in [0.2, 0.25) is 0 Å². The van der Waals surface area contributed by atoms with Gasteiger partial charge >= 0.3 is 12.1 Å². The molecule has 0 bridgehead atoms. The smallest absolute Gasteiger partial charge is 0.418 e. The Kier molecular flexibility index (Phi) is 10.9. The molecule has 5 rings (SSSR count). The maximum Gasteiger partial charge on any atom is 0.418 e. The van der Waals surface area contributed by atoms with Crippen molar-refractivity contribution in [2.45, 2.75) is 110 Å². The third-order valence-electron chi connectivity index (χ3n) is 10.4. The van der Waals surface area contributed by atoms with Gasteiger partial charge in [-0.3, -0.25) is 9.59 Å². The van der Waals surface area contributed by atoms with Crippen molar-refractivity contribution in [3.63, 3.8) is 0 Å². The van der Waals surface area contributed by atoms with Crippen LogP contribution >= 0.6 is 0 Å². The Balaban J connectivity index is 1.32. The lowest BCUT2D eigenvalue weighted by Crippen LogP contribution is -2.36. The van der Waals surface area contributed by atoms with E-state index in [0.29, 0.717) is 35.4 Å². The van der Waals surface area contributed by atoms with Crippen molar-refractivity contribution in [3.05, 3.63) is 88.7 Å². The summed E-state index contributed by atoms with van der Waals surface area (Å²) in [6, 6.07) is 17.6. The molecule has 0 radical (unpaired) electrons. The number of amides is 1. The number of benzene rings is 2. The van der Waals surface area contributed by atoms with E-state index in [4.69, 9.17) is 4.74 Å². The van der Waals surface area contributed by atoms with Crippen molar-refractivity contribution in [1.82, 2.24) is 4.57 Å². The fraction of sp³-hybridized carbons (Fsp3) is 0.538. The standard InChI is InChI=1S/C39H49F3N2O3/c1-6-26(5)44-29(14-10-13-27-11-8-7-9-12-27)17-20-35(44)37(45)43-34-22-28(16-19-33(34)39(40,41)42)31-23-32(31)38(46)47-36-21-25(4)15-18-30(36)24(2)3/h7-9,11-12,16-17,19-20,22,24-26,30-32,36H,6,10,13-15,18,21,23H2,1-5H3,(H,43,45)/t25-,26+,30+,31-,32-,36-/m1/s1. The minimum absolute atomic E-state index is 0.00780. The first kappa shape index (κ1) is 34.8. The zero-order chi connectivity index (χ0) is 33.9. The van der Waals surface area contributed by atoms with Crippen LogP contribution in [0.1, 0.15) is 118 Å². The number of aryl methyl sites for hydroxylation is 2. The maximum atomic E-state index is 14.2. The lowest BCUT2D eigenvalue weighted by atomic mass is 9.75. The van der Waals surface area contributed by atoms with E-state index in [1.165, 1.54) is 17.7 Å². The van der Waals surface area contributed by atoms with Crippen LogP contribution in [0.15, 0.2) is 60.7 Å². The molecule has 8 heteroatoms. The summed E-state index contributed by atoms with van der Waals surface area (Å²) in [4.78, 5) is 26.9. The molecule has 0 unspecified atom stereocenters. The van der Waals surface area contributed by atoms with Gasteiger partial charge in [-0.1, -0.05) is 70.5 Å². The summed E-state index contributed by atoms with van der Waals surface area (Å²) in [6.45, 7) is 10.5. The van der Waals surface area contributed by atoms with Crippen molar-refractivity contribution in [3.8, 4) is 0 Å². The van der Waals surface area contributed by atoms with Gasteiger partial charge in [0.15, 0.2) is 0 Å². The second-order valence-electron chi connectivity index (χ2n) is 14.2. The van der Waals surface area contributed by atoms with Crippen LogP contribution in [-0.2, 0) is 28.5 Å². The van der Waals surface area contributed by atoms with E-state index in [0.717, 1.165) is 56.7 Å². The topological polar surface area (TPSA) is 60.3 Å². The Bertz CT molecular complexity index is 1530. The van der Waals surface area contributed by atoms with Gasteiger partial charge in [0, 0.05) is 11.7 Å². The number of ether oxygens (including phenoxy) is 1. The van der Waals surface area contributed by atoms with Gasteiger partial charge in [0.05, 0.1) is 17.2 Å². The molecule has 2 aliphatic carbocycles. The number of hydrogen-bond donors (Lipinski definition) is 1. The Morgan fingerprint density at radius 1 is 0.979 bits per heavy atom. The number of aromatic nitrogens is 1. The first-order valence-corrected chi connectivity index (χ1v) is 17.3. The number of carbonyl (C=O) groups excluding carboxylic acids is 2. The molecule has 2 aromatic carbocycles. The normalized spacial score (nSPS) is 23.4. The third-order valence-corrected chi connectivity index (χ3v) is 10.4. The summed E-state index contributed by atoms with van der Waals surface area (Å²) in [7, 11) is 0. The van der Waals surface area contributed by atoms with Gasteiger partial charge < -0.3 is 14.6 Å². The monoisotopic (exact) mass is 650 g/mol. The predicted molar refractivity (Wildman–Crippen MR) is 179 cm³/mol. The average Bonchev–Trinajstić information content (AvgIpc) is 3.73. The van der Waals surface area contributed by atoms with Crippen LogP contribution in [0.3, 0.4) is 0 Å². The number of esters is 1. The van der Waals surface area contributed by atoms with Gasteiger partial charge in [0.25, 0.3) is 5.91 Å². The number of alkyl halides is 3. The summed E-state index contributed by atoms with van der Waals surface area (Å²) in [6.07, 6.45) is 2.02. The Morgan fingerprint density at radius 3 is 2.40 bits per heavy atom. The summed E-state index contributed by atoms with van der Waals surface area (Å²) < 4.78 is 50.5. The predicted octanol–water partition coefficient (Wildman–Crippen LogP) is 10.0. The maximum absolute atomic E-state index is 14.2. The first-order valence-electron chi connectivity index (χ1n) is 17.3. The number of hydrogen-bond acceptors (Lipinski definition) is 3. The van der Waals surface area contributed by atoms with Crippen LogP contribution in [0, 0.1) is 23.7 Å². The molecule has 0 saturated heterocycles. The van der Waals surface area contributed by atoms with E-state index < -0.39 is 17.6 Å². The van der Waals surface area contributed by atoms with Crippen LogP contribution in [0.5, 0.6) is 0 Å². The summed E-state index contributed by atoms with van der Waals surface area (Å²) in [5, 5.41) is 2.61. The molecule has 2 fully saturated rings. The van der Waals surface area contributed by atoms with E-state index in [-0.39, 0.29) is 35.6 Å². The first-order chi connectivity index (χ1) is 22.4. The number of rotatable bonds is 12. The fourth-order valence-electron chi connectivity index (χ4n) is 7.34. The molecule has 5 nitrogen and oxygen atoms in total. The zero-order valence-electron chi connectivity index (χ0n) is 28.3. The molecule has 254 valence electrons. The van der Waals surface area contributed by atoms with Crippen molar-refractivity contribution in [1.29, 1.82) is 0 Å². The molecular formula is C39H49F3N2O3. The second-order valence-corrected chi connectivity index (χ2v) is 14.2. The molecule has 3 aromatic rings. The molecule has 2 aliphatic rings. The molecule has 1 N–H and O–H groups in total. The minimum Gasteiger partial charge on any atom is -0.462 e. The molecule has 6 atom stereocenters. The van der Waals surface area contributed by atoms with Gasteiger partial charge in [-0.25, -0.2) is 0 Å². The Morgan fingerprint density at radius 2 is 1.72 bits per heavy atom. The molecule has 1 heterocycles. The quantitative estimate of drug-likeness (QED) is 0.199. The highest BCUT2D eigenvalue weighted by Crippen LogP contribution is 2.50. The van der Waals surface area contributed by atoms with Crippen molar-refractivity contribution >= 4 is 17.6 Å². The van der Waals surface area contributed by atoms with E-state index in [9.17, 15) is 22.8 Å². The van der Waals surface area contributed by atoms with Gasteiger partial charge in [0.1, 0.15) is 11.8 Å². The molecule has 47 heavy (non-hydrogen) atoms. The summed E-state index contributed by atoms with van der Waals surface area (Å²) in [5.74, 6) is -0.259. The van der Waals surface area contributed by atoms with Gasteiger partial charge in [-0.05, 0) is 111 Å². The fourth-order valence-corrected chi connectivity index (χ4v) is 7.34. The van der Waals surface area contributed by atoms with Crippen molar-refractivity contribution in [2.24, 2.45) is 23.7 Å². The van der Waals surface area contributed by atoms with Gasteiger partial charge in [-0.15, -0.1) is 0 Å². The van der Waals surface area contributed by atoms with Crippen LogP contribution in [0.2, 0.25) is 0 Å². The highest BCUT2D eigenvalue weighted by molar-refractivity contribution is 6.04. The largest absolute Gasteiger partial charge is 0.462 e. The lowest BCUT2D eigenvalue weighted by Gasteiger charge is -2.36. The number of carbonyl (C=O) groups is 2. The van der Waals surface area contributed by atoms with E-state index in [1.54, 1.807) is 6.07 Å². The number of nitrogens with one attached hydrogen (secondary N) is 1. The van der Waals surface area contributed by atoms with Crippen LogP contribution in [0.4, 0.5) is 18.9 Å². The number of nitrogens with zero attached hydrogens (tertiary/aromatic N) is 1. The summed E-state index contributed by atoms with van der Waals surface area (Å²) >= 11 is 0. The van der Waals surface area contributed by atoms with Crippen LogP contribution in [-0.4, -0.2) is 22.5 Å². The van der Waals surface area contributed by atoms with E-state index in [1.807, 2.05) is 42.7 Å². The van der Waals surface area contributed by atoms with Gasteiger partial charge in [-0.2, -0.15) is 13.2 Å².